The van der Waals surface area contributed by atoms with E-state index in [1.807, 2.05) is 10.3 Å². The second-order valence-corrected chi connectivity index (χ2v) is 9.92. The van der Waals surface area contributed by atoms with E-state index in [-0.39, 0.29) is 31.3 Å². The molecule has 0 aromatic rings. The molecule has 0 saturated heterocycles. The third-order valence-corrected chi connectivity index (χ3v) is 6.62. The van der Waals surface area contributed by atoms with Crippen molar-refractivity contribution in [2.45, 2.75) is 0 Å². The van der Waals surface area contributed by atoms with Gasteiger partial charge in [-0.2, -0.15) is 0 Å². The summed E-state index contributed by atoms with van der Waals surface area (Å²) in [5.74, 6) is 4.91. The minimum atomic E-state index is -0.0109. The zero-order valence-corrected chi connectivity index (χ0v) is 10.7. The van der Waals surface area contributed by atoms with Crippen LogP contribution in [0, 0.1) is 0 Å². The first kappa shape index (κ1) is 9.85. The van der Waals surface area contributed by atoms with E-state index in [1.165, 1.54) is 0 Å². The molecule has 5 heteroatoms. The molecule has 0 aromatic carbocycles. The van der Waals surface area contributed by atoms with Crippen LogP contribution in [0.25, 0.3) is 0 Å². The molecule has 1 aliphatic rings. The van der Waals surface area contributed by atoms with Crippen LogP contribution in [0.3, 0.4) is 0 Å². The maximum atomic E-state index is 10.9. The molecule has 1 unspecified atom stereocenters. The quantitative estimate of drug-likeness (QED) is 0.305. The first-order chi connectivity index (χ1) is 5.20. The number of aliphatic imine (C=N–C) groups is 1. The number of carbonyl (C=O) groups is 1. The third kappa shape index (κ3) is 3.32. The molecule has 62 valence electrons. The van der Waals surface area contributed by atoms with Gasteiger partial charge in [0.25, 0.3) is 0 Å². The predicted molar refractivity (Wildman–Crippen MR) is 55.2 cm³/mol. The summed E-state index contributed by atoms with van der Waals surface area (Å²) in [6.45, 7) is 0. The van der Waals surface area contributed by atoms with Gasteiger partial charge < -0.3 is 0 Å². The van der Waals surface area contributed by atoms with Crippen LogP contribution in [0.4, 0.5) is 0 Å². The van der Waals surface area contributed by atoms with Crippen LogP contribution in [-0.4, -0.2) is 19.6 Å². The Morgan fingerprint density at radius 1 is 1.91 bits per heavy atom. The molecular formula is C6H6I2NOS-. The molecule has 0 saturated carbocycles. The second-order valence-electron chi connectivity index (χ2n) is 1.77. The van der Waals surface area contributed by atoms with Crippen LogP contribution in [0.15, 0.2) is 16.8 Å². The number of carbonyl (C=O) groups excluding carboxylic acids is 1. The zero-order chi connectivity index (χ0) is 8.27. The predicted octanol–water partition coefficient (Wildman–Crippen LogP) is -1.42. The molecule has 1 aliphatic heterocycles. The van der Waals surface area contributed by atoms with Crippen LogP contribution in [0.2, 0.25) is 0 Å². The Labute approximate surface area is 90.3 Å². The van der Waals surface area contributed by atoms with Gasteiger partial charge >= 0.3 is 91.3 Å². The average molecular weight is 394 g/mol. The normalized spacial score (nSPS) is 24.8. The van der Waals surface area contributed by atoms with Crippen LogP contribution in [-0.2, 0) is 4.79 Å². The van der Waals surface area contributed by atoms with Gasteiger partial charge in [-0.1, -0.05) is 0 Å². The van der Waals surface area contributed by atoms with Gasteiger partial charge in [-0.25, -0.2) is 0 Å². The molecule has 11 heavy (non-hydrogen) atoms. The first-order valence-corrected chi connectivity index (χ1v) is 9.20. The third-order valence-electron chi connectivity index (χ3n) is 1.01. The molecule has 0 aromatic heterocycles. The minimum absolute atomic E-state index is 0.0109. The Morgan fingerprint density at radius 2 is 2.64 bits per heavy atom. The van der Waals surface area contributed by atoms with Crippen LogP contribution < -0.4 is 19.8 Å². The van der Waals surface area contributed by atoms with Crippen molar-refractivity contribution in [2.75, 3.05) is 5.75 Å². The molecule has 0 fully saturated rings. The number of hydrogen-bond acceptors (Lipinski definition) is 2. The number of hydrogen-bond donors (Lipinski definition) is 0. The van der Waals surface area contributed by atoms with Gasteiger partial charge in [0.05, 0.1) is 0 Å². The summed E-state index contributed by atoms with van der Waals surface area (Å²) in [5.41, 5.74) is 0.601. The van der Waals surface area contributed by atoms with Crippen molar-refractivity contribution < 1.29 is 24.6 Å². The Kier molecular flexibility index (Phi) is 4.21. The van der Waals surface area contributed by atoms with Crippen molar-refractivity contribution in [3.63, 3.8) is 0 Å². The van der Waals surface area contributed by atoms with E-state index in [1.54, 1.807) is 22.6 Å². The van der Waals surface area contributed by atoms with Crippen molar-refractivity contribution in [3.8, 4) is 0 Å². The molecule has 0 spiro atoms. The van der Waals surface area contributed by atoms with Gasteiger partial charge in [-0.05, 0) is 0 Å². The summed E-state index contributed by atoms with van der Waals surface area (Å²) >= 11 is 1.75. The SMILES string of the molecule is C=S1CC=C(C(=O)I)N=C[I-]1. The van der Waals surface area contributed by atoms with Crippen LogP contribution in [0.5, 0.6) is 0 Å². The molecule has 1 atom stereocenters. The monoisotopic (exact) mass is 394 g/mol. The molecule has 0 amide bonds. The van der Waals surface area contributed by atoms with Crippen molar-refractivity contribution in [1.29, 1.82) is 0 Å². The van der Waals surface area contributed by atoms with Gasteiger partial charge in [0.2, 0.25) is 0 Å². The average Bonchev–Trinajstić information content (AvgIpc) is 2.13. The number of allylic oxidation sites excluding steroid dienone is 1. The molecule has 0 radical (unpaired) electrons. The Hall–Kier alpha value is 0.760. The van der Waals surface area contributed by atoms with E-state index >= 15 is 0 Å². The van der Waals surface area contributed by atoms with Gasteiger partial charge in [-0.3, -0.25) is 0 Å². The van der Waals surface area contributed by atoms with E-state index in [2.05, 4.69) is 10.9 Å². The Balaban J connectivity index is 2.80. The summed E-state index contributed by atoms with van der Waals surface area (Å²) in [4.78, 5) is 14.9. The molecule has 2 nitrogen and oxygen atoms in total. The van der Waals surface area contributed by atoms with E-state index < -0.39 is 0 Å². The molecule has 0 N–H and O–H groups in total. The summed E-state index contributed by atoms with van der Waals surface area (Å²) < 4.78 is 1.92. The van der Waals surface area contributed by atoms with Crippen LogP contribution in [0.1, 0.15) is 0 Å². The van der Waals surface area contributed by atoms with E-state index in [0.717, 1.165) is 5.75 Å². The van der Waals surface area contributed by atoms with E-state index in [4.69, 9.17) is 0 Å². The van der Waals surface area contributed by atoms with Gasteiger partial charge in [0.1, 0.15) is 0 Å². The molecular weight excluding hydrogens is 388 g/mol. The van der Waals surface area contributed by atoms with Gasteiger partial charge in [0, 0.05) is 0 Å². The second kappa shape index (κ2) is 4.70. The van der Waals surface area contributed by atoms with Crippen molar-refractivity contribution in [3.05, 3.63) is 11.8 Å². The molecule has 0 aliphatic carbocycles. The molecule has 0 bridgehead atoms. The fraction of sp³-hybridized carbons (Fsp3) is 0.167. The Bertz CT molecular complexity index is 259. The summed E-state index contributed by atoms with van der Waals surface area (Å²) in [6, 6.07) is 0. The summed E-state index contributed by atoms with van der Waals surface area (Å²) in [7, 11) is 0.234. The summed E-state index contributed by atoms with van der Waals surface area (Å²) in [6.07, 6.45) is 1.90. The zero-order valence-electron chi connectivity index (χ0n) is 5.59. The molecule has 1 rings (SSSR count). The number of nitrogens with zero attached hydrogens (tertiary/aromatic N) is 1. The van der Waals surface area contributed by atoms with Crippen LogP contribution >= 0.6 is 30.2 Å². The van der Waals surface area contributed by atoms with Gasteiger partial charge in [-0.15, -0.1) is 0 Å². The number of halogens is 2. The Morgan fingerprint density at radius 3 is 3.27 bits per heavy atom. The van der Waals surface area contributed by atoms with E-state index in [0.29, 0.717) is 5.70 Å². The van der Waals surface area contributed by atoms with Crippen molar-refractivity contribution in [1.82, 2.24) is 0 Å². The topological polar surface area (TPSA) is 29.4 Å². The van der Waals surface area contributed by atoms with Crippen molar-refractivity contribution in [2.24, 2.45) is 4.99 Å². The van der Waals surface area contributed by atoms with Crippen molar-refractivity contribution >= 4 is 44.1 Å². The standard InChI is InChI=1S/C6H6I2NOS/c1-11-3-2-5(6(7)10)9-4-8-11/h2,4H,1,3H2/q-1. The fourth-order valence-corrected chi connectivity index (χ4v) is 4.21. The van der Waals surface area contributed by atoms with Gasteiger partial charge in [0.15, 0.2) is 0 Å². The van der Waals surface area contributed by atoms with E-state index in [9.17, 15) is 4.79 Å². The fourth-order valence-electron chi connectivity index (χ4n) is 0.518. The maximum absolute atomic E-state index is 10.9. The number of rotatable bonds is 1. The summed E-state index contributed by atoms with van der Waals surface area (Å²) in [5, 5.41) is 0. The molecule has 1 heterocycles. The first-order valence-electron chi connectivity index (χ1n) is 2.77.